The molecule has 2 rings (SSSR count). The van der Waals surface area contributed by atoms with Gasteiger partial charge in [0, 0.05) is 26.2 Å². The van der Waals surface area contributed by atoms with Gasteiger partial charge in [0.05, 0.1) is 0 Å². The summed E-state index contributed by atoms with van der Waals surface area (Å²) in [6.07, 6.45) is 0.722. The van der Waals surface area contributed by atoms with Gasteiger partial charge in [0.1, 0.15) is 5.54 Å². The van der Waals surface area contributed by atoms with E-state index in [1.54, 1.807) is 0 Å². The zero-order valence-corrected chi connectivity index (χ0v) is 9.41. The van der Waals surface area contributed by atoms with Gasteiger partial charge in [-0.15, -0.1) is 0 Å². The fourth-order valence-electron chi connectivity index (χ4n) is 2.31. The molecule has 1 N–H and O–H groups in total. The van der Waals surface area contributed by atoms with Crippen LogP contribution in [0.3, 0.4) is 0 Å². The summed E-state index contributed by atoms with van der Waals surface area (Å²) in [4.78, 5) is 26.7. The Morgan fingerprint density at radius 3 is 2.47 bits per heavy atom. The lowest BCUT2D eigenvalue weighted by Crippen LogP contribution is -2.49. The largest absolute Gasteiger partial charge is 0.324 e. The van der Waals surface area contributed by atoms with Crippen molar-refractivity contribution in [1.82, 2.24) is 15.1 Å². The van der Waals surface area contributed by atoms with E-state index in [9.17, 15) is 9.59 Å². The summed E-state index contributed by atoms with van der Waals surface area (Å²) in [5.41, 5.74) is -0.643. The lowest BCUT2D eigenvalue weighted by Gasteiger charge is -2.23. The maximum atomic E-state index is 11.9. The summed E-state index contributed by atoms with van der Waals surface area (Å²) in [6.45, 7) is 5.71. The highest BCUT2D eigenvalue weighted by Crippen LogP contribution is 2.28. The average molecular weight is 211 g/mol. The van der Waals surface area contributed by atoms with Crippen LogP contribution >= 0.6 is 0 Å². The minimum absolute atomic E-state index is 0.0874. The first-order valence-corrected chi connectivity index (χ1v) is 5.31. The lowest BCUT2D eigenvalue weighted by atomic mass is 9.99. The molecule has 2 heterocycles. The van der Waals surface area contributed by atoms with Gasteiger partial charge in [-0.1, -0.05) is 0 Å². The Bertz CT molecular complexity index is 316. The number of carbonyl (C=O) groups excluding carboxylic acids is 2. The minimum Gasteiger partial charge on any atom is -0.322 e. The smallest absolute Gasteiger partial charge is 0.322 e. The summed E-state index contributed by atoms with van der Waals surface area (Å²) in [7, 11) is 1.53. The molecule has 1 unspecified atom stereocenters. The molecule has 15 heavy (non-hydrogen) atoms. The highest BCUT2D eigenvalue weighted by atomic mass is 16.2. The molecule has 0 aromatic rings. The number of urea groups is 1. The van der Waals surface area contributed by atoms with Gasteiger partial charge in [-0.25, -0.2) is 4.79 Å². The van der Waals surface area contributed by atoms with Gasteiger partial charge in [0.25, 0.3) is 5.91 Å². The first-order chi connectivity index (χ1) is 6.96. The number of hydrogen-bond acceptors (Lipinski definition) is 3. The van der Waals surface area contributed by atoms with Gasteiger partial charge in [0.2, 0.25) is 0 Å². The van der Waals surface area contributed by atoms with Crippen molar-refractivity contribution in [2.75, 3.05) is 20.1 Å². The van der Waals surface area contributed by atoms with Crippen molar-refractivity contribution in [3.8, 4) is 0 Å². The Balaban J connectivity index is 2.18. The molecule has 0 aliphatic carbocycles. The van der Waals surface area contributed by atoms with E-state index in [4.69, 9.17) is 0 Å². The van der Waals surface area contributed by atoms with Crippen LogP contribution in [0.2, 0.25) is 0 Å². The lowest BCUT2D eigenvalue weighted by molar-refractivity contribution is -0.130. The third kappa shape index (κ3) is 1.42. The Morgan fingerprint density at radius 2 is 2.07 bits per heavy atom. The fraction of sp³-hybridized carbons (Fsp3) is 0.800. The number of nitrogens with one attached hydrogen (secondary N) is 1. The van der Waals surface area contributed by atoms with Crippen LogP contribution in [0.5, 0.6) is 0 Å². The summed E-state index contributed by atoms with van der Waals surface area (Å²) >= 11 is 0. The van der Waals surface area contributed by atoms with Crippen LogP contribution in [0.4, 0.5) is 4.79 Å². The number of carbonyl (C=O) groups is 2. The van der Waals surface area contributed by atoms with E-state index in [1.165, 1.54) is 11.9 Å². The molecule has 0 bridgehead atoms. The van der Waals surface area contributed by atoms with Crippen molar-refractivity contribution in [3.63, 3.8) is 0 Å². The van der Waals surface area contributed by atoms with Crippen LogP contribution < -0.4 is 5.32 Å². The molecule has 5 heteroatoms. The van der Waals surface area contributed by atoms with Crippen molar-refractivity contribution in [2.45, 2.75) is 31.8 Å². The van der Waals surface area contributed by atoms with Gasteiger partial charge in [-0.2, -0.15) is 0 Å². The van der Waals surface area contributed by atoms with E-state index in [-0.39, 0.29) is 11.9 Å². The van der Waals surface area contributed by atoms with E-state index in [1.807, 2.05) is 0 Å². The number of rotatable bonds is 1. The number of amides is 3. The summed E-state index contributed by atoms with van der Waals surface area (Å²) in [5.74, 6) is -0.0874. The maximum absolute atomic E-state index is 11.9. The normalized spacial score (nSPS) is 32.1. The molecule has 2 aliphatic heterocycles. The van der Waals surface area contributed by atoms with Gasteiger partial charge < -0.3 is 5.32 Å². The Morgan fingerprint density at radius 1 is 1.40 bits per heavy atom. The molecule has 1 atom stereocenters. The van der Waals surface area contributed by atoms with Crippen LogP contribution in [0.1, 0.15) is 20.3 Å². The topological polar surface area (TPSA) is 52.7 Å². The van der Waals surface area contributed by atoms with Gasteiger partial charge in [0.15, 0.2) is 0 Å². The third-order valence-corrected chi connectivity index (χ3v) is 3.39. The molecule has 0 radical (unpaired) electrons. The second-order valence-electron chi connectivity index (χ2n) is 4.69. The summed E-state index contributed by atoms with van der Waals surface area (Å²) < 4.78 is 0. The second-order valence-corrected chi connectivity index (χ2v) is 4.69. The van der Waals surface area contributed by atoms with Crippen LogP contribution in [0.15, 0.2) is 0 Å². The molecule has 2 aliphatic rings. The predicted octanol–water partition coefficient (Wildman–Crippen LogP) is 0.0209. The number of hydrogen-bond donors (Lipinski definition) is 1. The molecule has 1 spiro atoms. The van der Waals surface area contributed by atoms with Crippen LogP contribution in [-0.2, 0) is 4.79 Å². The van der Waals surface area contributed by atoms with Crippen molar-refractivity contribution in [2.24, 2.45) is 0 Å². The standard InChI is InChI=1S/C10H17N3O2/c1-7(2)13-5-4-10(6-13)8(14)12(3)9(15)11-10/h7H,4-6H2,1-3H3,(H,11,15). The number of nitrogens with zero attached hydrogens (tertiary/aromatic N) is 2. The quantitative estimate of drug-likeness (QED) is 0.622. The molecular formula is C10H17N3O2. The number of imide groups is 1. The van der Waals surface area contributed by atoms with E-state index in [0.29, 0.717) is 12.6 Å². The van der Waals surface area contributed by atoms with Crippen LogP contribution in [-0.4, -0.2) is 53.5 Å². The molecule has 0 aromatic carbocycles. The minimum atomic E-state index is -0.643. The zero-order chi connectivity index (χ0) is 11.2. The Kier molecular flexibility index (Phi) is 2.22. The highest BCUT2D eigenvalue weighted by Gasteiger charge is 2.53. The summed E-state index contributed by atoms with van der Waals surface area (Å²) in [5, 5.41) is 2.81. The maximum Gasteiger partial charge on any atom is 0.324 e. The molecule has 2 fully saturated rings. The van der Waals surface area contributed by atoms with E-state index < -0.39 is 5.54 Å². The molecule has 84 valence electrons. The van der Waals surface area contributed by atoms with E-state index in [0.717, 1.165) is 13.0 Å². The van der Waals surface area contributed by atoms with Crippen LogP contribution in [0.25, 0.3) is 0 Å². The summed E-state index contributed by atoms with van der Waals surface area (Å²) in [6, 6.07) is 0.144. The Labute approximate surface area is 89.4 Å². The fourth-order valence-corrected chi connectivity index (χ4v) is 2.31. The van der Waals surface area contributed by atoms with Crippen molar-refractivity contribution in [1.29, 1.82) is 0 Å². The van der Waals surface area contributed by atoms with Gasteiger partial charge in [-0.05, 0) is 20.3 Å². The highest BCUT2D eigenvalue weighted by molar-refractivity contribution is 6.07. The van der Waals surface area contributed by atoms with Crippen molar-refractivity contribution >= 4 is 11.9 Å². The molecule has 0 aromatic heterocycles. The first-order valence-electron chi connectivity index (χ1n) is 5.31. The Hall–Kier alpha value is -1.10. The monoisotopic (exact) mass is 211 g/mol. The number of likely N-dealkylation sites (tertiary alicyclic amines) is 1. The molecular weight excluding hydrogens is 194 g/mol. The molecule has 2 saturated heterocycles. The SMILES string of the molecule is CC(C)N1CCC2(C1)NC(=O)N(C)C2=O. The molecule has 0 saturated carbocycles. The van der Waals surface area contributed by atoms with E-state index in [2.05, 4.69) is 24.1 Å². The molecule has 5 nitrogen and oxygen atoms in total. The van der Waals surface area contributed by atoms with Crippen molar-refractivity contribution in [3.05, 3.63) is 0 Å². The van der Waals surface area contributed by atoms with Crippen LogP contribution in [0, 0.1) is 0 Å². The number of likely N-dealkylation sites (N-methyl/N-ethyl adjacent to an activating group) is 1. The van der Waals surface area contributed by atoms with Gasteiger partial charge >= 0.3 is 6.03 Å². The zero-order valence-electron chi connectivity index (χ0n) is 9.41. The third-order valence-electron chi connectivity index (χ3n) is 3.39. The second kappa shape index (κ2) is 3.20. The van der Waals surface area contributed by atoms with E-state index >= 15 is 0 Å². The van der Waals surface area contributed by atoms with Gasteiger partial charge in [-0.3, -0.25) is 14.6 Å². The van der Waals surface area contributed by atoms with Crippen molar-refractivity contribution < 1.29 is 9.59 Å². The molecule has 3 amide bonds. The average Bonchev–Trinajstić information content (AvgIpc) is 2.68. The predicted molar refractivity (Wildman–Crippen MR) is 55.4 cm³/mol. The first kappa shape index (κ1) is 10.4.